The molecule has 1 aromatic rings. The van der Waals surface area contributed by atoms with Crippen LogP contribution in [0, 0.1) is 11.6 Å². The summed E-state index contributed by atoms with van der Waals surface area (Å²) in [4.78, 5) is 11.4. The SMILES string of the molecule is O=C(CCNC1CC1)NCc1cc(F)ccc1F. The van der Waals surface area contributed by atoms with Gasteiger partial charge in [0, 0.05) is 31.1 Å². The van der Waals surface area contributed by atoms with Gasteiger partial charge in [-0.1, -0.05) is 0 Å². The number of benzene rings is 1. The van der Waals surface area contributed by atoms with Gasteiger partial charge in [0.15, 0.2) is 0 Å². The van der Waals surface area contributed by atoms with Crippen molar-refractivity contribution in [1.82, 2.24) is 10.6 Å². The van der Waals surface area contributed by atoms with Gasteiger partial charge in [0.25, 0.3) is 0 Å². The van der Waals surface area contributed by atoms with Gasteiger partial charge in [-0.05, 0) is 31.0 Å². The molecule has 0 unspecified atom stereocenters. The Balaban J connectivity index is 1.72. The third kappa shape index (κ3) is 4.07. The Morgan fingerprint density at radius 1 is 1.33 bits per heavy atom. The van der Waals surface area contributed by atoms with Crippen LogP contribution >= 0.6 is 0 Å². The number of carbonyl (C=O) groups is 1. The first-order valence-corrected chi connectivity index (χ1v) is 6.09. The highest BCUT2D eigenvalue weighted by atomic mass is 19.1. The summed E-state index contributed by atoms with van der Waals surface area (Å²) in [5.74, 6) is -1.17. The molecule has 0 heterocycles. The molecule has 2 N–H and O–H groups in total. The fourth-order valence-electron chi connectivity index (χ4n) is 1.64. The maximum absolute atomic E-state index is 13.3. The van der Waals surface area contributed by atoms with Crippen LogP contribution in [0.4, 0.5) is 8.78 Å². The summed E-state index contributed by atoms with van der Waals surface area (Å²) in [6.07, 6.45) is 2.71. The average Bonchev–Trinajstić information content (AvgIpc) is 3.14. The predicted molar refractivity (Wildman–Crippen MR) is 63.8 cm³/mol. The zero-order valence-corrected chi connectivity index (χ0v) is 10.0. The quantitative estimate of drug-likeness (QED) is 0.811. The monoisotopic (exact) mass is 254 g/mol. The molecule has 0 aliphatic heterocycles. The van der Waals surface area contributed by atoms with Crippen molar-refractivity contribution in [2.45, 2.75) is 31.8 Å². The van der Waals surface area contributed by atoms with Gasteiger partial charge in [-0.3, -0.25) is 4.79 Å². The minimum absolute atomic E-state index is 0.0197. The van der Waals surface area contributed by atoms with E-state index in [4.69, 9.17) is 0 Å². The van der Waals surface area contributed by atoms with Gasteiger partial charge < -0.3 is 10.6 Å². The van der Waals surface area contributed by atoms with E-state index in [2.05, 4.69) is 10.6 Å². The van der Waals surface area contributed by atoms with Crippen LogP contribution in [0.3, 0.4) is 0 Å². The highest BCUT2D eigenvalue weighted by molar-refractivity contribution is 5.76. The maximum Gasteiger partial charge on any atom is 0.221 e. The largest absolute Gasteiger partial charge is 0.352 e. The van der Waals surface area contributed by atoms with Gasteiger partial charge in [-0.2, -0.15) is 0 Å². The van der Waals surface area contributed by atoms with E-state index >= 15 is 0 Å². The first-order valence-electron chi connectivity index (χ1n) is 6.09. The number of halogens is 2. The van der Waals surface area contributed by atoms with Crippen LogP contribution in [0.2, 0.25) is 0 Å². The van der Waals surface area contributed by atoms with E-state index in [9.17, 15) is 13.6 Å². The Bertz CT molecular complexity index is 433. The molecule has 0 spiro atoms. The van der Waals surface area contributed by atoms with Crippen LogP contribution in [0.15, 0.2) is 18.2 Å². The van der Waals surface area contributed by atoms with Gasteiger partial charge in [0.2, 0.25) is 5.91 Å². The molecular formula is C13H16F2N2O. The van der Waals surface area contributed by atoms with Crippen molar-refractivity contribution >= 4 is 5.91 Å². The van der Waals surface area contributed by atoms with E-state index in [1.54, 1.807) is 0 Å². The van der Waals surface area contributed by atoms with E-state index in [0.29, 0.717) is 19.0 Å². The molecule has 18 heavy (non-hydrogen) atoms. The summed E-state index contributed by atoms with van der Waals surface area (Å²) < 4.78 is 26.1. The molecule has 98 valence electrons. The molecule has 0 bridgehead atoms. The van der Waals surface area contributed by atoms with Gasteiger partial charge in [0.05, 0.1) is 0 Å². The van der Waals surface area contributed by atoms with Crippen molar-refractivity contribution in [3.63, 3.8) is 0 Å². The predicted octanol–water partition coefficient (Wildman–Crippen LogP) is 1.72. The lowest BCUT2D eigenvalue weighted by atomic mass is 10.2. The molecule has 5 heteroatoms. The van der Waals surface area contributed by atoms with Gasteiger partial charge in [0.1, 0.15) is 11.6 Å². The zero-order chi connectivity index (χ0) is 13.0. The van der Waals surface area contributed by atoms with Gasteiger partial charge in [-0.25, -0.2) is 8.78 Å². The smallest absolute Gasteiger partial charge is 0.221 e. The summed E-state index contributed by atoms with van der Waals surface area (Å²) in [5, 5.41) is 5.79. The molecule has 2 rings (SSSR count). The Morgan fingerprint density at radius 2 is 2.11 bits per heavy atom. The van der Waals surface area contributed by atoms with E-state index < -0.39 is 11.6 Å². The molecule has 1 aliphatic rings. The van der Waals surface area contributed by atoms with Crippen LogP contribution < -0.4 is 10.6 Å². The van der Waals surface area contributed by atoms with Crippen molar-refractivity contribution in [2.75, 3.05) is 6.54 Å². The number of amides is 1. The third-order valence-corrected chi connectivity index (χ3v) is 2.85. The Morgan fingerprint density at radius 3 is 2.83 bits per heavy atom. The Kier molecular flexibility index (Phi) is 4.25. The van der Waals surface area contributed by atoms with Crippen molar-refractivity contribution in [3.05, 3.63) is 35.4 Å². The molecule has 0 saturated heterocycles. The number of hydrogen-bond acceptors (Lipinski definition) is 2. The second-order valence-corrected chi connectivity index (χ2v) is 4.49. The summed E-state index contributed by atoms with van der Waals surface area (Å²) in [7, 11) is 0. The van der Waals surface area contributed by atoms with Crippen molar-refractivity contribution < 1.29 is 13.6 Å². The molecule has 1 saturated carbocycles. The van der Waals surface area contributed by atoms with Crippen molar-refractivity contribution in [1.29, 1.82) is 0 Å². The number of hydrogen-bond donors (Lipinski definition) is 2. The lowest BCUT2D eigenvalue weighted by Gasteiger charge is -2.07. The lowest BCUT2D eigenvalue weighted by Crippen LogP contribution is -2.28. The highest BCUT2D eigenvalue weighted by Crippen LogP contribution is 2.18. The van der Waals surface area contributed by atoms with Crippen LogP contribution in [-0.4, -0.2) is 18.5 Å². The number of carbonyl (C=O) groups excluding carboxylic acids is 1. The third-order valence-electron chi connectivity index (χ3n) is 2.85. The fourth-order valence-corrected chi connectivity index (χ4v) is 1.64. The minimum Gasteiger partial charge on any atom is -0.352 e. The summed E-state index contributed by atoms with van der Waals surface area (Å²) in [6.45, 7) is 0.647. The number of rotatable bonds is 6. The first kappa shape index (κ1) is 13.0. The van der Waals surface area contributed by atoms with Crippen molar-refractivity contribution in [2.24, 2.45) is 0 Å². The number of nitrogens with one attached hydrogen (secondary N) is 2. The van der Waals surface area contributed by atoms with E-state index in [1.807, 2.05) is 0 Å². The molecular weight excluding hydrogens is 238 g/mol. The zero-order valence-electron chi connectivity index (χ0n) is 10.0. The fraction of sp³-hybridized carbons (Fsp3) is 0.462. The minimum atomic E-state index is -0.507. The summed E-state index contributed by atoms with van der Waals surface area (Å²) >= 11 is 0. The topological polar surface area (TPSA) is 41.1 Å². The van der Waals surface area contributed by atoms with Crippen molar-refractivity contribution in [3.8, 4) is 0 Å². The van der Waals surface area contributed by atoms with E-state index in [0.717, 1.165) is 18.2 Å². The molecule has 0 aromatic heterocycles. The summed E-state index contributed by atoms with van der Waals surface area (Å²) in [5.41, 5.74) is 0.165. The van der Waals surface area contributed by atoms with Crippen LogP contribution in [0.1, 0.15) is 24.8 Å². The summed E-state index contributed by atoms with van der Waals surface area (Å²) in [6, 6.07) is 3.78. The van der Waals surface area contributed by atoms with Gasteiger partial charge >= 0.3 is 0 Å². The Labute approximate surface area is 105 Å². The lowest BCUT2D eigenvalue weighted by molar-refractivity contribution is -0.121. The maximum atomic E-state index is 13.3. The highest BCUT2D eigenvalue weighted by Gasteiger charge is 2.20. The molecule has 1 aromatic carbocycles. The second-order valence-electron chi connectivity index (χ2n) is 4.49. The van der Waals surface area contributed by atoms with Gasteiger partial charge in [-0.15, -0.1) is 0 Å². The average molecular weight is 254 g/mol. The standard InChI is InChI=1S/C13H16F2N2O/c14-10-1-4-12(15)9(7-10)8-17-13(18)5-6-16-11-2-3-11/h1,4,7,11,16H,2-3,5-6,8H2,(H,17,18). The molecule has 1 amide bonds. The van der Waals surface area contributed by atoms with E-state index in [-0.39, 0.29) is 18.0 Å². The first-order chi connectivity index (χ1) is 8.65. The Hall–Kier alpha value is -1.49. The molecule has 0 atom stereocenters. The molecule has 1 aliphatic carbocycles. The second kappa shape index (κ2) is 5.91. The normalized spacial score (nSPS) is 14.6. The molecule has 1 fully saturated rings. The van der Waals surface area contributed by atoms with Crippen LogP contribution in [0.5, 0.6) is 0 Å². The van der Waals surface area contributed by atoms with E-state index in [1.165, 1.54) is 12.8 Å². The molecule has 3 nitrogen and oxygen atoms in total. The van der Waals surface area contributed by atoms with Crippen LogP contribution in [0.25, 0.3) is 0 Å². The van der Waals surface area contributed by atoms with Crippen LogP contribution in [-0.2, 0) is 11.3 Å². The molecule has 0 radical (unpaired) electrons.